The summed E-state index contributed by atoms with van der Waals surface area (Å²) in [5, 5.41) is 2.87. The van der Waals surface area contributed by atoms with Crippen LogP contribution in [-0.4, -0.2) is 58.3 Å². The first-order valence-electron chi connectivity index (χ1n) is 7.71. The maximum absolute atomic E-state index is 12.0. The summed E-state index contributed by atoms with van der Waals surface area (Å²) in [6, 6.07) is 0. The number of hydrogen-bond donors (Lipinski definition) is 1. The van der Waals surface area contributed by atoms with Gasteiger partial charge in [0, 0.05) is 51.0 Å². The summed E-state index contributed by atoms with van der Waals surface area (Å²) in [5.74, 6) is 0.495. The highest BCUT2D eigenvalue weighted by Gasteiger charge is 2.14. The van der Waals surface area contributed by atoms with Crippen LogP contribution in [0.15, 0.2) is 31.1 Å². The van der Waals surface area contributed by atoms with Crippen molar-refractivity contribution < 1.29 is 9.53 Å². The summed E-state index contributed by atoms with van der Waals surface area (Å²) in [4.78, 5) is 26.6. The van der Waals surface area contributed by atoms with E-state index in [-0.39, 0.29) is 5.91 Å². The SMILES string of the molecule is O=C(NCCCn1ccnc1)c1cnc(N2CCOCC2)nc1. The number of imidazole rings is 1. The maximum atomic E-state index is 12.0. The molecule has 23 heavy (non-hydrogen) atoms. The molecule has 0 aromatic carbocycles. The van der Waals surface area contributed by atoms with Crippen molar-refractivity contribution in [2.24, 2.45) is 0 Å². The number of anilines is 1. The molecule has 0 saturated carbocycles. The molecule has 1 aliphatic heterocycles. The Kier molecular flexibility index (Phi) is 5.15. The van der Waals surface area contributed by atoms with E-state index in [0.717, 1.165) is 26.1 Å². The number of carbonyl (C=O) groups is 1. The van der Waals surface area contributed by atoms with Crippen LogP contribution >= 0.6 is 0 Å². The third-order valence-corrected chi connectivity index (χ3v) is 3.63. The number of nitrogens with zero attached hydrogens (tertiary/aromatic N) is 5. The van der Waals surface area contributed by atoms with Crippen LogP contribution in [-0.2, 0) is 11.3 Å². The Bertz CT molecular complexity index is 607. The summed E-state index contributed by atoms with van der Waals surface area (Å²) >= 11 is 0. The van der Waals surface area contributed by atoms with E-state index in [0.29, 0.717) is 31.3 Å². The first kappa shape index (κ1) is 15.4. The molecular formula is C15H20N6O2. The van der Waals surface area contributed by atoms with E-state index in [9.17, 15) is 4.79 Å². The van der Waals surface area contributed by atoms with E-state index in [1.165, 1.54) is 0 Å². The molecule has 8 nitrogen and oxygen atoms in total. The minimum absolute atomic E-state index is 0.149. The Morgan fingerprint density at radius 2 is 2.04 bits per heavy atom. The van der Waals surface area contributed by atoms with Gasteiger partial charge < -0.3 is 19.5 Å². The standard InChI is InChI=1S/C15H20N6O2/c22-14(17-2-1-4-20-5-3-16-12-20)13-10-18-15(19-11-13)21-6-8-23-9-7-21/h3,5,10-12H,1-2,4,6-9H2,(H,17,22). The third kappa shape index (κ3) is 4.26. The van der Waals surface area contributed by atoms with E-state index in [1.54, 1.807) is 24.9 Å². The number of aromatic nitrogens is 4. The van der Waals surface area contributed by atoms with Gasteiger partial charge in [0.25, 0.3) is 5.91 Å². The van der Waals surface area contributed by atoms with Crippen molar-refractivity contribution in [1.82, 2.24) is 24.8 Å². The average Bonchev–Trinajstić information content (AvgIpc) is 3.13. The summed E-state index contributed by atoms with van der Waals surface area (Å²) in [5.41, 5.74) is 0.477. The molecule has 122 valence electrons. The predicted molar refractivity (Wildman–Crippen MR) is 84.2 cm³/mol. The van der Waals surface area contributed by atoms with Gasteiger partial charge in [-0.1, -0.05) is 0 Å². The molecule has 8 heteroatoms. The number of aryl methyl sites for hydroxylation is 1. The minimum atomic E-state index is -0.149. The average molecular weight is 316 g/mol. The lowest BCUT2D eigenvalue weighted by molar-refractivity contribution is 0.0952. The highest BCUT2D eigenvalue weighted by molar-refractivity contribution is 5.93. The van der Waals surface area contributed by atoms with Gasteiger partial charge in [0.15, 0.2) is 0 Å². The van der Waals surface area contributed by atoms with Gasteiger partial charge in [-0.05, 0) is 6.42 Å². The first-order valence-corrected chi connectivity index (χ1v) is 7.71. The lowest BCUT2D eigenvalue weighted by Crippen LogP contribution is -2.37. The van der Waals surface area contributed by atoms with Gasteiger partial charge in [-0.2, -0.15) is 0 Å². The van der Waals surface area contributed by atoms with Crippen LogP contribution in [0.4, 0.5) is 5.95 Å². The number of amides is 1. The van der Waals surface area contributed by atoms with Gasteiger partial charge in [0.1, 0.15) is 0 Å². The Hall–Kier alpha value is -2.48. The Morgan fingerprint density at radius 1 is 1.26 bits per heavy atom. The van der Waals surface area contributed by atoms with Crippen molar-refractivity contribution in [3.63, 3.8) is 0 Å². The molecule has 0 spiro atoms. The minimum Gasteiger partial charge on any atom is -0.378 e. The fourth-order valence-electron chi connectivity index (χ4n) is 2.35. The molecule has 0 unspecified atom stereocenters. The summed E-state index contributed by atoms with van der Waals surface area (Å²) in [6.07, 6.45) is 9.40. The highest BCUT2D eigenvalue weighted by Crippen LogP contribution is 2.09. The first-order chi connectivity index (χ1) is 11.3. The largest absolute Gasteiger partial charge is 0.378 e. The van der Waals surface area contributed by atoms with Crippen LogP contribution < -0.4 is 10.2 Å². The summed E-state index contributed by atoms with van der Waals surface area (Å²) < 4.78 is 7.28. The molecule has 0 bridgehead atoms. The van der Waals surface area contributed by atoms with Crippen molar-refractivity contribution in [2.75, 3.05) is 37.7 Å². The van der Waals surface area contributed by atoms with Gasteiger partial charge in [0.2, 0.25) is 5.95 Å². The highest BCUT2D eigenvalue weighted by atomic mass is 16.5. The van der Waals surface area contributed by atoms with Crippen LogP contribution in [0.1, 0.15) is 16.8 Å². The van der Waals surface area contributed by atoms with Gasteiger partial charge in [0.05, 0.1) is 25.1 Å². The smallest absolute Gasteiger partial charge is 0.254 e. The number of morpholine rings is 1. The molecule has 3 heterocycles. The van der Waals surface area contributed by atoms with Crippen LogP contribution in [0.5, 0.6) is 0 Å². The molecule has 2 aromatic rings. The van der Waals surface area contributed by atoms with E-state index in [1.807, 2.05) is 10.8 Å². The molecule has 1 N–H and O–H groups in total. The predicted octanol–water partition coefficient (Wildman–Crippen LogP) is 0.330. The fourth-order valence-corrected chi connectivity index (χ4v) is 2.35. The Labute approximate surface area is 134 Å². The Balaban J connectivity index is 1.45. The number of carbonyl (C=O) groups excluding carboxylic acids is 1. The van der Waals surface area contributed by atoms with Crippen molar-refractivity contribution >= 4 is 11.9 Å². The summed E-state index contributed by atoms with van der Waals surface area (Å²) in [7, 11) is 0. The quantitative estimate of drug-likeness (QED) is 0.773. The van der Waals surface area contributed by atoms with Crippen LogP contribution in [0.3, 0.4) is 0 Å². The second-order valence-electron chi connectivity index (χ2n) is 5.28. The van der Waals surface area contributed by atoms with Gasteiger partial charge in [-0.25, -0.2) is 15.0 Å². The lowest BCUT2D eigenvalue weighted by atomic mass is 10.3. The Morgan fingerprint density at radius 3 is 2.74 bits per heavy atom. The number of rotatable bonds is 6. The monoisotopic (exact) mass is 316 g/mol. The molecule has 1 amide bonds. The zero-order valence-corrected chi connectivity index (χ0v) is 12.9. The molecule has 3 rings (SSSR count). The molecule has 2 aromatic heterocycles. The zero-order chi connectivity index (χ0) is 15.9. The molecule has 0 atom stereocenters. The maximum Gasteiger partial charge on any atom is 0.254 e. The molecule has 1 fully saturated rings. The van der Waals surface area contributed by atoms with E-state index in [4.69, 9.17) is 4.74 Å². The van der Waals surface area contributed by atoms with Crippen LogP contribution in [0.2, 0.25) is 0 Å². The van der Waals surface area contributed by atoms with Crippen molar-refractivity contribution in [2.45, 2.75) is 13.0 Å². The molecule has 0 radical (unpaired) electrons. The second-order valence-corrected chi connectivity index (χ2v) is 5.28. The molecule has 1 saturated heterocycles. The molecular weight excluding hydrogens is 296 g/mol. The summed E-state index contributed by atoms with van der Waals surface area (Å²) in [6.45, 7) is 4.35. The topological polar surface area (TPSA) is 85.2 Å². The lowest BCUT2D eigenvalue weighted by Gasteiger charge is -2.26. The van der Waals surface area contributed by atoms with Gasteiger partial charge >= 0.3 is 0 Å². The normalized spacial score (nSPS) is 14.7. The molecule has 0 aliphatic carbocycles. The van der Waals surface area contributed by atoms with E-state index >= 15 is 0 Å². The van der Waals surface area contributed by atoms with Crippen molar-refractivity contribution in [1.29, 1.82) is 0 Å². The van der Waals surface area contributed by atoms with Crippen molar-refractivity contribution in [3.8, 4) is 0 Å². The van der Waals surface area contributed by atoms with Crippen molar-refractivity contribution in [3.05, 3.63) is 36.7 Å². The number of ether oxygens (including phenoxy) is 1. The number of nitrogens with one attached hydrogen (secondary N) is 1. The van der Waals surface area contributed by atoms with Gasteiger partial charge in [-0.3, -0.25) is 4.79 Å². The van der Waals surface area contributed by atoms with E-state index in [2.05, 4.69) is 25.2 Å². The van der Waals surface area contributed by atoms with Gasteiger partial charge in [-0.15, -0.1) is 0 Å². The van der Waals surface area contributed by atoms with E-state index < -0.39 is 0 Å². The number of hydrogen-bond acceptors (Lipinski definition) is 6. The fraction of sp³-hybridized carbons (Fsp3) is 0.467. The van der Waals surface area contributed by atoms with Crippen LogP contribution in [0.25, 0.3) is 0 Å². The third-order valence-electron chi connectivity index (χ3n) is 3.63. The van der Waals surface area contributed by atoms with Crippen LogP contribution in [0, 0.1) is 0 Å². The zero-order valence-electron chi connectivity index (χ0n) is 12.9. The molecule has 1 aliphatic rings. The second kappa shape index (κ2) is 7.68.